The Morgan fingerprint density at radius 3 is 2.78 bits per heavy atom. The minimum absolute atomic E-state index is 0.176. The van der Waals surface area contributed by atoms with Gasteiger partial charge in [0.15, 0.2) is 16.6 Å². The van der Waals surface area contributed by atoms with Crippen LogP contribution in [0, 0.1) is 0 Å². The zero-order chi connectivity index (χ0) is 13.1. The fourth-order valence-electron chi connectivity index (χ4n) is 1.51. The van der Waals surface area contributed by atoms with Crippen LogP contribution in [0.2, 0.25) is 0 Å². The second kappa shape index (κ2) is 5.22. The topological polar surface area (TPSA) is 59.6 Å². The summed E-state index contributed by atoms with van der Waals surface area (Å²) < 4.78 is 10.4. The van der Waals surface area contributed by atoms with Crippen LogP contribution in [-0.4, -0.2) is 23.9 Å². The van der Waals surface area contributed by atoms with Gasteiger partial charge in [-0.3, -0.25) is 10.1 Å². The third-order valence-corrected chi connectivity index (χ3v) is 2.50. The molecule has 6 heteroatoms. The quantitative estimate of drug-likeness (QED) is 0.793. The highest BCUT2D eigenvalue weighted by atomic mass is 32.1. The molecule has 2 rings (SSSR count). The van der Waals surface area contributed by atoms with Crippen molar-refractivity contribution in [2.45, 2.75) is 19.9 Å². The lowest BCUT2D eigenvalue weighted by atomic mass is 10.2. The average molecular weight is 266 g/mol. The normalized spacial score (nSPS) is 12.4. The molecular formula is C12H14N2O3S. The van der Waals surface area contributed by atoms with Gasteiger partial charge in [-0.2, -0.15) is 0 Å². The summed E-state index contributed by atoms with van der Waals surface area (Å²) in [7, 11) is 0. The number of ether oxygens (including phenoxy) is 2. The van der Waals surface area contributed by atoms with Crippen LogP contribution in [0.1, 0.15) is 24.2 Å². The van der Waals surface area contributed by atoms with Crippen molar-refractivity contribution in [2.75, 3.05) is 6.79 Å². The van der Waals surface area contributed by atoms with Crippen LogP contribution >= 0.6 is 12.2 Å². The van der Waals surface area contributed by atoms with Gasteiger partial charge in [0.1, 0.15) is 0 Å². The molecule has 0 unspecified atom stereocenters. The lowest BCUT2D eigenvalue weighted by Crippen LogP contribution is -2.42. The number of fused-ring (bicyclic) bond motifs is 1. The third kappa shape index (κ3) is 2.89. The number of benzene rings is 1. The van der Waals surface area contributed by atoms with Crippen molar-refractivity contribution >= 4 is 23.2 Å². The number of carbonyl (C=O) groups is 1. The molecule has 1 heterocycles. The number of hydrogen-bond acceptors (Lipinski definition) is 4. The molecule has 1 amide bonds. The first-order valence-electron chi connectivity index (χ1n) is 5.58. The Morgan fingerprint density at radius 1 is 1.33 bits per heavy atom. The van der Waals surface area contributed by atoms with Crippen molar-refractivity contribution in [1.29, 1.82) is 0 Å². The number of carbonyl (C=O) groups excluding carboxylic acids is 1. The number of hydrogen-bond donors (Lipinski definition) is 2. The summed E-state index contributed by atoms with van der Waals surface area (Å²) in [6.07, 6.45) is 0. The fraction of sp³-hybridized carbons (Fsp3) is 0.333. The molecule has 18 heavy (non-hydrogen) atoms. The largest absolute Gasteiger partial charge is 0.454 e. The van der Waals surface area contributed by atoms with Crippen LogP contribution in [0.5, 0.6) is 11.5 Å². The summed E-state index contributed by atoms with van der Waals surface area (Å²) >= 11 is 5.01. The second-order valence-electron chi connectivity index (χ2n) is 4.15. The lowest BCUT2D eigenvalue weighted by Gasteiger charge is -2.12. The van der Waals surface area contributed by atoms with E-state index in [1.807, 2.05) is 13.8 Å². The smallest absolute Gasteiger partial charge is 0.257 e. The van der Waals surface area contributed by atoms with Gasteiger partial charge in [-0.25, -0.2) is 0 Å². The van der Waals surface area contributed by atoms with Crippen LogP contribution in [0.25, 0.3) is 0 Å². The summed E-state index contributed by atoms with van der Waals surface area (Å²) in [4.78, 5) is 11.9. The highest BCUT2D eigenvalue weighted by Crippen LogP contribution is 2.32. The van der Waals surface area contributed by atoms with Gasteiger partial charge in [0, 0.05) is 11.6 Å². The molecule has 1 aromatic rings. The molecule has 0 spiro atoms. The minimum Gasteiger partial charge on any atom is -0.454 e. The summed E-state index contributed by atoms with van der Waals surface area (Å²) in [5, 5.41) is 5.86. The Bertz CT molecular complexity index is 488. The molecule has 1 aromatic carbocycles. The Hall–Kier alpha value is -1.82. The molecule has 0 bridgehead atoms. The van der Waals surface area contributed by atoms with E-state index in [1.54, 1.807) is 18.2 Å². The van der Waals surface area contributed by atoms with E-state index in [9.17, 15) is 4.79 Å². The molecule has 0 saturated heterocycles. The SMILES string of the molecule is CC(C)NC(=S)NC(=O)c1ccc2c(c1)OCO2. The predicted molar refractivity (Wildman–Crippen MR) is 70.9 cm³/mol. The van der Waals surface area contributed by atoms with Crippen LogP contribution in [-0.2, 0) is 0 Å². The van der Waals surface area contributed by atoms with Crippen molar-refractivity contribution in [3.05, 3.63) is 23.8 Å². The summed E-state index contributed by atoms with van der Waals surface area (Å²) in [6.45, 7) is 4.08. The summed E-state index contributed by atoms with van der Waals surface area (Å²) in [5.41, 5.74) is 0.479. The average Bonchev–Trinajstić information content (AvgIpc) is 2.74. The molecule has 0 aliphatic carbocycles. The number of nitrogens with one attached hydrogen (secondary N) is 2. The predicted octanol–water partition coefficient (Wildman–Crippen LogP) is 1.43. The van der Waals surface area contributed by atoms with Gasteiger partial charge in [-0.1, -0.05) is 0 Å². The molecule has 0 atom stereocenters. The van der Waals surface area contributed by atoms with E-state index in [1.165, 1.54) is 0 Å². The molecule has 0 fully saturated rings. The maximum Gasteiger partial charge on any atom is 0.257 e. The van der Waals surface area contributed by atoms with Crippen LogP contribution in [0.3, 0.4) is 0 Å². The van der Waals surface area contributed by atoms with Crippen LogP contribution in [0.4, 0.5) is 0 Å². The molecular weight excluding hydrogens is 252 g/mol. The van der Waals surface area contributed by atoms with E-state index >= 15 is 0 Å². The standard InChI is InChI=1S/C12H14N2O3S/c1-7(2)13-12(18)14-11(15)8-3-4-9-10(5-8)17-6-16-9/h3-5,7H,6H2,1-2H3,(H2,13,14,15,18). The highest BCUT2D eigenvalue weighted by molar-refractivity contribution is 7.80. The number of amides is 1. The van der Waals surface area contributed by atoms with Gasteiger partial charge >= 0.3 is 0 Å². The third-order valence-electron chi connectivity index (χ3n) is 2.28. The molecule has 2 N–H and O–H groups in total. The highest BCUT2D eigenvalue weighted by Gasteiger charge is 2.16. The Morgan fingerprint density at radius 2 is 2.06 bits per heavy atom. The molecule has 1 aliphatic rings. The number of rotatable bonds is 2. The lowest BCUT2D eigenvalue weighted by molar-refractivity contribution is 0.0976. The number of thiocarbonyl (C=S) groups is 1. The van der Waals surface area contributed by atoms with Crippen LogP contribution < -0.4 is 20.1 Å². The first-order chi connectivity index (χ1) is 8.56. The zero-order valence-corrected chi connectivity index (χ0v) is 11.0. The fourth-order valence-corrected chi connectivity index (χ4v) is 1.84. The summed E-state index contributed by atoms with van der Waals surface area (Å²) in [6, 6.07) is 5.18. The van der Waals surface area contributed by atoms with Crippen LogP contribution in [0.15, 0.2) is 18.2 Å². The van der Waals surface area contributed by atoms with Gasteiger partial charge in [-0.05, 0) is 44.3 Å². The molecule has 0 aromatic heterocycles. The summed E-state index contributed by atoms with van der Waals surface area (Å²) in [5.74, 6) is 0.950. The monoisotopic (exact) mass is 266 g/mol. The van der Waals surface area contributed by atoms with Gasteiger partial charge < -0.3 is 14.8 Å². The van der Waals surface area contributed by atoms with E-state index in [0.29, 0.717) is 22.2 Å². The zero-order valence-electron chi connectivity index (χ0n) is 10.1. The van der Waals surface area contributed by atoms with Gasteiger partial charge in [0.2, 0.25) is 6.79 Å². The van der Waals surface area contributed by atoms with E-state index in [-0.39, 0.29) is 18.7 Å². The van der Waals surface area contributed by atoms with Crippen molar-refractivity contribution in [2.24, 2.45) is 0 Å². The van der Waals surface area contributed by atoms with E-state index in [2.05, 4.69) is 10.6 Å². The first-order valence-corrected chi connectivity index (χ1v) is 5.98. The van der Waals surface area contributed by atoms with E-state index in [0.717, 1.165) is 0 Å². The molecule has 0 radical (unpaired) electrons. The Balaban J connectivity index is 2.03. The van der Waals surface area contributed by atoms with Crippen molar-refractivity contribution in [3.63, 3.8) is 0 Å². The van der Waals surface area contributed by atoms with E-state index < -0.39 is 0 Å². The van der Waals surface area contributed by atoms with Crippen molar-refractivity contribution < 1.29 is 14.3 Å². The molecule has 1 aliphatic heterocycles. The van der Waals surface area contributed by atoms with Gasteiger partial charge in [0.05, 0.1) is 0 Å². The maximum absolute atomic E-state index is 11.9. The molecule has 96 valence electrons. The van der Waals surface area contributed by atoms with Gasteiger partial charge in [-0.15, -0.1) is 0 Å². The van der Waals surface area contributed by atoms with Crippen molar-refractivity contribution in [3.8, 4) is 11.5 Å². The van der Waals surface area contributed by atoms with E-state index in [4.69, 9.17) is 21.7 Å². The second-order valence-corrected chi connectivity index (χ2v) is 4.56. The Kier molecular flexibility index (Phi) is 3.66. The molecule has 0 saturated carbocycles. The molecule has 5 nitrogen and oxygen atoms in total. The van der Waals surface area contributed by atoms with Crippen molar-refractivity contribution in [1.82, 2.24) is 10.6 Å². The van der Waals surface area contributed by atoms with Gasteiger partial charge in [0.25, 0.3) is 5.91 Å². The maximum atomic E-state index is 11.9. The first kappa shape index (κ1) is 12.6. The minimum atomic E-state index is -0.272. The Labute approximate surface area is 110 Å².